The summed E-state index contributed by atoms with van der Waals surface area (Å²) >= 11 is 0. The van der Waals surface area contributed by atoms with Crippen molar-refractivity contribution in [3.63, 3.8) is 0 Å². The third kappa shape index (κ3) is 9.20. The maximum atomic E-state index is 10.2. The minimum absolute atomic E-state index is 0. The molecule has 1 aromatic carbocycles. The number of carboxylic acids is 1. The number of para-hydroxylation sites is 1. The molecular formula is C12H21IN2O3. The number of likely N-dealkylation sites (N-methyl/N-ethyl adjacent to an activating group) is 1. The van der Waals surface area contributed by atoms with Gasteiger partial charge in [-0.05, 0) is 6.07 Å². The van der Waals surface area contributed by atoms with E-state index in [1.807, 2.05) is 0 Å². The van der Waals surface area contributed by atoms with Crippen molar-refractivity contribution in [1.29, 1.82) is 0 Å². The molecule has 0 saturated heterocycles. The largest absolute Gasteiger partial charge is 0.545 e. The lowest BCUT2D eigenvalue weighted by Gasteiger charge is -2.21. The summed E-state index contributed by atoms with van der Waals surface area (Å²) in [5.74, 6) is -1.24. The number of carboxylic acid groups (broad SMARTS) is 1. The van der Waals surface area contributed by atoms with Crippen LogP contribution in [0, 0.1) is 0 Å². The van der Waals surface area contributed by atoms with Crippen LogP contribution in [0.1, 0.15) is 10.4 Å². The average molecular weight is 368 g/mol. The molecular weight excluding hydrogens is 347 g/mol. The van der Waals surface area contributed by atoms with Crippen LogP contribution in [0.4, 0.5) is 5.69 Å². The Morgan fingerprint density at radius 3 is 2.06 bits per heavy atom. The Kier molecular flexibility index (Phi) is 9.87. The number of anilines is 1. The van der Waals surface area contributed by atoms with Crippen molar-refractivity contribution in [2.75, 3.05) is 40.0 Å². The Hall–Kier alpha value is -0.860. The van der Waals surface area contributed by atoms with Crippen LogP contribution in [-0.2, 0) is 0 Å². The van der Waals surface area contributed by atoms with Crippen molar-refractivity contribution in [3.8, 4) is 0 Å². The van der Waals surface area contributed by atoms with Gasteiger partial charge in [-0.3, -0.25) is 0 Å². The first-order valence-electron chi connectivity index (χ1n) is 5.25. The molecule has 5 nitrogen and oxygen atoms in total. The molecule has 0 fully saturated rings. The highest BCUT2D eigenvalue weighted by atomic mass is 127. The number of nitrogens with zero attached hydrogens (tertiary/aromatic N) is 1. The summed E-state index contributed by atoms with van der Waals surface area (Å²) in [6, 6.07) is 6.19. The minimum atomic E-state index is -1.24. The van der Waals surface area contributed by atoms with Gasteiger partial charge < -0.3 is 25.2 Å². The van der Waals surface area contributed by atoms with E-state index >= 15 is 0 Å². The van der Waals surface area contributed by atoms with Gasteiger partial charge in [0.1, 0.15) is 6.54 Å². The summed E-state index contributed by atoms with van der Waals surface area (Å²) in [5.41, 5.74) is 5.58. The lowest BCUT2D eigenvalue weighted by atomic mass is 10.2. The molecule has 0 aliphatic carbocycles. The van der Waals surface area contributed by atoms with E-state index in [1.165, 1.54) is 12.1 Å². The summed E-state index contributed by atoms with van der Waals surface area (Å²) in [4.78, 5) is 10.2. The zero-order valence-electron chi connectivity index (χ0n) is 10.9. The van der Waals surface area contributed by atoms with Gasteiger partial charge in [0.05, 0.1) is 33.7 Å². The van der Waals surface area contributed by atoms with E-state index in [1.54, 1.807) is 12.1 Å². The number of hydrogen-bond donors (Lipinski definition) is 2. The van der Waals surface area contributed by atoms with E-state index in [4.69, 9.17) is 10.8 Å². The van der Waals surface area contributed by atoms with Gasteiger partial charge in [0.15, 0.2) is 0 Å². The van der Waals surface area contributed by atoms with Crippen LogP contribution in [0.3, 0.4) is 0 Å². The van der Waals surface area contributed by atoms with Crippen molar-refractivity contribution >= 4 is 35.6 Å². The van der Waals surface area contributed by atoms with Crippen molar-refractivity contribution in [2.45, 2.75) is 0 Å². The molecule has 1 aromatic rings. The zero-order valence-corrected chi connectivity index (χ0v) is 13.3. The first-order valence-corrected chi connectivity index (χ1v) is 5.25. The normalized spacial score (nSPS) is 9.78. The van der Waals surface area contributed by atoms with Crippen molar-refractivity contribution in [1.82, 2.24) is 0 Å². The topological polar surface area (TPSA) is 86.4 Å². The smallest absolute Gasteiger partial charge is 0.101 e. The van der Waals surface area contributed by atoms with E-state index < -0.39 is 5.97 Å². The fourth-order valence-electron chi connectivity index (χ4n) is 0.983. The molecule has 0 saturated carbocycles. The molecule has 0 spiro atoms. The van der Waals surface area contributed by atoms with E-state index in [0.717, 1.165) is 11.0 Å². The second-order valence-corrected chi connectivity index (χ2v) is 4.61. The molecule has 6 heteroatoms. The first-order chi connectivity index (χ1) is 7.78. The molecule has 0 amide bonds. The van der Waals surface area contributed by atoms with E-state index in [-0.39, 0.29) is 41.8 Å². The van der Waals surface area contributed by atoms with E-state index in [2.05, 4.69) is 21.1 Å². The van der Waals surface area contributed by atoms with Crippen LogP contribution in [0.25, 0.3) is 0 Å². The van der Waals surface area contributed by atoms with Crippen LogP contribution in [0.5, 0.6) is 0 Å². The number of carbonyl (C=O) groups is 1. The van der Waals surface area contributed by atoms with E-state index in [0.29, 0.717) is 0 Å². The Morgan fingerprint density at radius 2 is 1.83 bits per heavy atom. The van der Waals surface area contributed by atoms with Crippen molar-refractivity contribution in [3.05, 3.63) is 29.8 Å². The summed E-state index contributed by atoms with van der Waals surface area (Å²) in [5, 5.41) is 18.6. The molecule has 18 heavy (non-hydrogen) atoms. The Labute approximate surface area is 125 Å². The summed E-state index contributed by atoms with van der Waals surface area (Å²) < 4.78 is 0.844. The molecule has 0 radical (unpaired) electrons. The Balaban J connectivity index is 0. The molecule has 104 valence electrons. The number of nitrogen functional groups attached to an aromatic ring is 1. The number of carbonyl (C=O) groups excluding carboxylic acids is 1. The predicted octanol–water partition coefficient (Wildman–Crippen LogP) is -0.0648. The molecule has 3 N–H and O–H groups in total. The lowest BCUT2D eigenvalue weighted by Crippen LogP contribution is -2.36. The van der Waals surface area contributed by atoms with Gasteiger partial charge in [0.25, 0.3) is 0 Å². The number of nitrogens with two attached hydrogens (primary N) is 1. The second-order valence-electron chi connectivity index (χ2n) is 4.61. The number of benzene rings is 1. The van der Waals surface area contributed by atoms with Crippen molar-refractivity contribution in [2.24, 2.45) is 0 Å². The van der Waals surface area contributed by atoms with Gasteiger partial charge in [-0.1, -0.05) is 18.2 Å². The zero-order chi connectivity index (χ0) is 13.5. The number of halogens is 1. The quantitative estimate of drug-likeness (QED) is 0.445. The van der Waals surface area contributed by atoms with Crippen LogP contribution >= 0.6 is 24.0 Å². The molecule has 0 atom stereocenters. The Bertz CT molecular complexity index is 365. The number of hydrogen-bond acceptors (Lipinski definition) is 4. The Morgan fingerprint density at radius 1 is 1.33 bits per heavy atom. The second kappa shape index (κ2) is 9.12. The number of rotatable bonds is 3. The van der Waals surface area contributed by atoms with Crippen LogP contribution in [0.2, 0.25) is 0 Å². The molecule has 1 rings (SSSR count). The molecule has 0 aromatic heterocycles. The minimum Gasteiger partial charge on any atom is -0.545 e. The standard InChI is InChI=1S/C7H7NO2.C5H14NO.HI/c8-6-4-2-1-3-5(6)7(9)10;1-6(2,3)4-5-7;/h1-4H,8H2,(H,9,10);7H,4-5H2,1-3H3;1H/q;+1;/p-1. The lowest BCUT2D eigenvalue weighted by molar-refractivity contribution is -0.870. The van der Waals surface area contributed by atoms with Gasteiger partial charge in [-0.15, -0.1) is 24.0 Å². The van der Waals surface area contributed by atoms with E-state index in [9.17, 15) is 9.90 Å². The summed E-state index contributed by atoms with van der Waals surface area (Å²) in [6.07, 6.45) is 0. The molecule has 0 aliphatic heterocycles. The van der Waals surface area contributed by atoms with Crippen LogP contribution in [0.15, 0.2) is 24.3 Å². The fourth-order valence-corrected chi connectivity index (χ4v) is 0.983. The molecule has 0 bridgehead atoms. The monoisotopic (exact) mass is 368 g/mol. The molecule has 0 unspecified atom stereocenters. The first kappa shape index (κ1) is 19.5. The number of quaternary nitrogens is 1. The summed E-state index contributed by atoms with van der Waals surface area (Å²) in [7, 11) is 6.16. The van der Waals surface area contributed by atoms with Gasteiger partial charge in [0, 0.05) is 11.3 Å². The van der Waals surface area contributed by atoms with Gasteiger partial charge in [0.2, 0.25) is 0 Å². The SMILES string of the molecule is C[N+](C)(C)CCO.I.Nc1ccccc1C(=O)[O-]. The predicted molar refractivity (Wildman–Crippen MR) is 80.6 cm³/mol. The molecule has 0 heterocycles. The maximum absolute atomic E-state index is 10.2. The van der Waals surface area contributed by atoms with Crippen molar-refractivity contribution < 1.29 is 19.5 Å². The third-order valence-corrected chi connectivity index (χ3v) is 1.95. The highest BCUT2D eigenvalue weighted by Crippen LogP contribution is 2.07. The highest BCUT2D eigenvalue weighted by molar-refractivity contribution is 14.0. The van der Waals surface area contributed by atoms with Crippen LogP contribution < -0.4 is 10.8 Å². The van der Waals surface area contributed by atoms with Crippen LogP contribution in [-0.4, -0.2) is 49.9 Å². The average Bonchev–Trinajstić information content (AvgIpc) is 2.16. The third-order valence-electron chi connectivity index (χ3n) is 1.95. The van der Waals surface area contributed by atoms with Gasteiger partial charge in [-0.25, -0.2) is 0 Å². The highest BCUT2D eigenvalue weighted by Gasteiger charge is 2.02. The van der Waals surface area contributed by atoms with Gasteiger partial charge in [-0.2, -0.15) is 0 Å². The maximum Gasteiger partial charge on any atom is 0.101 e. The number of aliphatic hydroxyl groups excluding tert-OH is 1. The number of aliphatic hydroxyl groups is 1. The molecule has 0 aliphatic rings. The fraction of sp³-hybridized carbons (Fsp3) is 0.417. The number of aromatic carboxylic acids is 1. The van der Waals surface area contributed by atoms with Gasteiger partial charge >= 0.3 is 0 Å². The summed E-state index contributed by atoms with van der Waals surface area (Å²) in [6.45, 7) is 1.11.